The number of ether oxygens (including phenoxy) is 1. The van der Waals surface area contributed by atoms with Gasteiger partial charge in [-0.15, -0.1) is 0 Å². The summed E-state index contributed by atoms with van der Waals surface area (Å²) in [5.74, 6) is 0.459. The third-order valence-corrected chi connectivity index (χ3v) is 3.52. The highest BCUT2D eigenvalue weighted by molar-refractivity contribution is 9.10. The van der Waals surface area contributed by atoms with Crippen molar-refractivity contribution >= 4 is 15.9 Å². The van der Waals surface area contributed by atoms with Crippen molar-refractivity contribution < 1.29 is 4.74 Å². The average Bonchev–Trinajstić information content (AvgIpc) is 2.65. The highest BCUT2D eigenvalue weighted by Gasteiger charge is 2.28. The first-order valence-corrected chi connectivity index (χ1v) is 6.09. The Morgan fingerprint density at radius 2 is 2.07 bits per heavy atom. The van der Waals surface area contributed by atoms with Crippen LogP contribution in [0.5, 0.6) is 0 Å². The molecule has 0 amide bonds. The number of halogens is 1. The fourth-order valence-corrected chi connectivity index (χ4v) is 2.32. The van der Waals surface area contributed by atoms with Crippen LogP contribution in [0.25, 0.3) is 0 Å². The van der Waals surface area contributed by atoms with E-state index in [1.807, 2.05) is 12.1 Å². The Morgan fingerprint density at radius 1 is 1.40 bits per heavy atom. The Bertz CT molecular complexity index is 325. The predicted octanol–water partition coefficient (Wildman–Crippen LogP) is 2.87. The monoisotopic (exact) mass is 269 g/mol. The Kier molecular flexibility index (Phi) is 3.44. The maximum Gasteiger partial charge on any atom is 0.0551 e. The van der Waals surface area contributed by atoms with Gasteiger partial charge in [0.1, 0.15) is 0 Å². The third kappa shape index (κ3) is 2.60. The Morgan fingerprint density at radius 3 is 2.60 bits per heavy atom. The van der Waals surface area contributed by atoms with Crippen LogP contribution in [0.3, 0.4) is 0 Å². The van der Waals surface area contributed by atoms with Crippen LogP contribution >= 0.6 is 15.9 Å². The molecular formula is C12H16BrNO. The Balaban J connectivity index is 2.07. The van der Waals surface area contributed by atoms with E-state index in [0.29, 0.717) is 12.0 Å². The van der Waals surface area contributed by atoms with Gasteiger partial charge in [0.15, 0.2) is 0 Å². The van der Waals surface area contributed by atoms with E-state index < -0.39 is 0 Å². The van der Waals surface area contributed by atoms with E-state index in [2.05, 4.69) is 35.0 Å². The Labute approximate surface area is 98.9 Å². The van der Waals surface area contributed by atoms with Gasteiger partial charge in [-0.25, -0.2) is 0 Å². The van der Waals surface area contributed by atoms with Gasteiger partial charge < -0.3 is 10.5 Å². The quantitative estimate of drug-likeness (QED) is 0.896. The van der Waals surface area contributed by atoms with Crippen LogP contribution in [0, 0.1) is 5.92 Å². The molecule has 2 nitrogen and oxygen atoms in total. The minimum absolute atomic E-state index is 0.100. The summed E-state index contributed by atoms with van der Waals surface area (Å²) in [7, 11) is 0. The van der Waals surface area contributed by atoms with E-state index in [-0.39, 0.29) is 6.04 Å². The molecule has 1 aliphatic rings. The van der Waals surface area contributed by atoms with E-state index in [1.54, 1.807) is 0 Å². The molecule has 0 bridgehead atoms. The first-order chi connectivity index (χ1) is 7.16. The summed E-state index contributed by atoms with van der Waals surface area (Å²) in [6.07, 6.45) is 1.42. The first-order valence-electron chi connectivity index (χ1n) is 5.29. The van der Waals surface area contributed by atoms with Crippen molar-refractivity contribution in [2.45, 2.75) is 25.5 Å². The second-order valence-electron chi connectivity index (χ2n) is 4.22. The zero-order chi connectivity index (χ0) is 10.8. The van der Waals surface area contributed by atoms with Crippen molar-refractivity contribution in [1.82, 2.24) is 0 Å². The molecule has 1 aromatic rings. The topological polar surface area (TPSA) is 35.2 Å². The standard InChI is InChI=1S/C12H16BrNO/c1-8-6-10(7-15-8)12(14)9-2-4-11(13)5-3-9/h2-5,8,10,12H,6-7,14H2,1H3. The number of benzene rings is 1. The summed E-state index contributed by atoms with van der Waals surface area (Å²) < 4.78 is 6.63. The zero-order valence-corrected chi connectivity index (χ0v) is 10.4. The SMILES string of the molecule is CC1CC(C(N)c2ccc(Br)cc2)CO1. The van der Waals surface area contributed by atoms with Gasteiger partial charge in [0.25, 0.3) is 0 Å². The van der Waals surface area contributed by atoms with Crippen molar-refractivity contribution in [2.75, 3.05) is 6.61 Å². The molecule has 1 aromatic carbocycles. The largest absolute Gasteiger partial charge is 0.378 e. The fraction of sp³-hybridized carbons (Fsp3) is 0.500. The van der Waals surface area contributed by atoms with Gasteiger partial charge in [0.2, 0.25) is 0 Å². The van der Waals surface area contributed by atoms with E-state index in [9.17, 15) is 0 Å². The smallest absolute Gasteiger partial charge is 0.0551 e. The molecule has 3 unspecified atom stereocenters. The molecule has 3 heteroatoms. The van der Waals surface area contributed by atoms with Gasteiger partial charge >= 0.3 is 0 Å². The van der Waals surface area contributed by atoms with Crippen LogP contribution < -0.4 is 5.73 Å². The summed E-state index contributed by atoms with van der Waals surface area (Å²) in [4.78, 5) is 0. The van der Waals surface area contributed by atoms with Crippen LogP contribution in [-0.2, 0) is 4.74 Å². The van der Waals surface area contributed by atoms with Crippen LogP contribution in [0.4, 0.5) is 0 Å². The van der Waals surface area contributed by atoms with Gasteiger partial charge in [0, 0.05) is 16.4 Å². The van der Waals surface area contributed by atoms with Crippen LogP contribution in [0.2, 0.25) is 0 Å². The highest BCUT2D eigenvalue weighted by atomic mass is 79.9. The summed E-state index contributed by atoms with van der Waals surface area (Å²) in [5, 5.41) is 0. The number of nitrogens with two attached hydrogens (primary N) is 1. The summed E-state index contributed by atoms with van der Waals surface area (Å²) in [6.45, 7) is 2.90. The lowest BCUT2D eigenvalue weighted by Gasteiger charge is -2.18. The molecule has 0 radical (unpaired) electrons. The normalized spacial score (nSPS) is 27.9. The molecule has 0 aliphatic carbocycles. The first kappa shape index (κ1) is 11.1. The minimum atomic E-state index is 0.100. The molecule has 2 rings (SSSR count). The van der Waals surface area contributed by atoms with Crippen molar-refractivity contribution in [2.24, 2.45) is 11.7 Å². The van der Waals surface area contributed by atoms with Crippen molar-refractivity contribution in [3.05, 3.63) is 34.3 Å². The second kappa shape index (κ2) is 4.64. The van der Waals surface area contributed by atoms with E-state index >= 15 is 0 Å². The molecule has 15 heavy (non-hydrogen) atoms. The van der Waals surface area contributed by atoms with Gasteiger partial charge in [-0.05, 0) is 31.0 Å². The molecule has 1 fully saturated rings. The summed E-state index contributed by atoms with van der Waals surface area (Å²) in [6, 6.07) is 8.33. The van der Waals surface area contributed by atoms with E-state index in [4.69, 9.17) is 10.5 Å². The lowest BCUT2D eigenvalue weighted by atomic mass is 9.92. The molecule has 0 spiro atoms. The Hall–Kier alpha value is -0.380. The van der Waals surface area contributed by atoms with Gasteiger partial charge in [-0.2, -0.15) is 0 Å². The molecule has 0 saturated carbocycles. The summed E-state index contributed by atoms with van der Waals surface area (Å²) in [5.41, 5.74) is 7.41. The zero-order valence-electron chi connectivity index (χ0n) is 8.82. The number of rotatable bonds is 2. The molecule has 1 aliphatic heterocycles. The molecule has 2 N–H and O–H groups in total. The van der Waals surface area contributed by atoms with E-state index in [1.165, 1.54) is 5.56 Å². The minimum Gasteiger partial charge on any atom is -0.378 e. The summed E-state index contributed by atoms with van der Waals surface area (Å²) >= 11 is 3.42. The van der Waals surface area contributed by atoms with E-state index in [0.717, 1.165) is 17.5 Å². The lowest BCUT2D eigenvalue weighted by molar-refractivity contribution is 0.118. The third-order valence-electron chi connectivity index (χ3n) is 2.99. The van der Waals surface area contributed by atoms with Crippen molar-refractivity contribution in [3.63, 3.8) is 0 Å². The molecule has 1 saturated heterocycles. The van der Waals surface area contributed by atoms with Crippen molar-refractivity contribution in [1.29, 1.82) is 0 Å². The number of hydrogen-bond donors (Lipinski definition) is 1. The van der Waals surface area contributed by atoms with Gasteiger partial charge in [-0.3, -0.25) is 0 Å². The van der Waals surface area contributed by atoms with Crippen molar-refractivity contribution in [3.8, 4) is 0 Å². The van der Waals surface area contributed by atoms with Crippen LogP contribution in [-0.4, -0.2) is 12.7 Å². The van der Waals surface area contributed by atoms with Gasteiger partial charge in [-0.1, -0.05) is 28.1 Å². The lowest BCUT2D eigenvalue weighted by Crippen LogP contribution is -2.21. The van der Waals surface area contributed by atoms with Gasteiger partial charge in [0.05, 0.1) is 12.7 Å². The van der Waals surface area contributed by atoms with Crippen LogP contribution in [0.15, 0.2) is 28.7 Å². The molecule has 82 valence electrons. The fourth-order valence-electron chi connectivity index (χ4n) is 2.06. The predicted molar refractivity (Wildman–Crippen MR) is 64.6 cm³/mol. The number of hydrogen-bond acceptors (Lipinski definition) is 2. The average molecular weight is 270 g/mol. The van der Waals surface area contributed by atoms with Crippen LogP contribution in [0.1, 0.15) is 24.9 Å². The molecule has 0 aromatic heterocycles. The second-order valence-corrected chi connectivity index (χ2v) is 5.13. The molecule has 1 heterocycles. The highest BCUT2D eigenvalue weighted by Crippen LogP contribution is 2.30. The molecule has 3 atom stereocenters. The maximum absolute atomic E-state index is 6.22. The molecular weight excluding hydrogens is 254 g/mol. The maximum atomic E-state index is 6.22.